The molecule has 0 spiro atoms. The van der Waals surface area contributed by atoms with E-state index in [1.54, 1.807) is 4.57 Å². The summed E-state index contributed by atoms with van der Waals surface area (Å²) in [6, 6.07) is 3.80. The molecule has 9 nitrogen and oxygen atoms in total. The Bertz CT molecular complexity index is 1080. The number of thiophene rings is 1. The summed E-state index contributed by atoms with van der Waals surface area (Å²) in [4.78, 5) is 21.5. The number of nitrogens with zero attached hydrogens (tertiary/aromatic N) is 5. The lowest BCUT2D eigenvalue weighted by Crippen LogP contribution is -2.05. The number of carboxylic acids is 1. The predicted octanol–water partition coefficient (Wildman–Crippen LogP) is 2.51. The van der Waals surface area contributed by atoms with Crippen LogP contribution in [0.4, 0.5) is 5.82 Å². The molecule has 4 aromatic heterocycles. The number of aromatic nitrogens is 5. The first kappa shape index (κ1) is 15.3. The highest BCUT2D eigenvalue weighted by Crippen LogP contribution is 2.35. The molecule has 25 heavy (non-hydrogen) atoms. The SMILES string of the molecule is CCn1c(-c2nonc2N)nc2c(-c3cccs3)ncc(C(=O)O)c21. The molecule has 0 atom stereocenters. The van der Waals surface area contributed by atoms with Crippen LogP contribution in [-0.2, 0) is 6.54 Å². The minimum Gasteiger partial charge on any atom is -0.478 e. The number of imidazole rings is 1. The van der Waals surface area contributed by atoms with Crippen molar-refractivity contribution in [2.75, 3.05) is 5.73 Å². The molecule has 0 aliphatic heterocycles. The Kier molecular flexibility index (Phi) is 3.46. The molecule has 0 amide bonds. The number of fused-ring (bicyclic) bond motifs is 1. The summed E-state index contributed by atoms with van der Waals surface area (Å²) in [5.41, 5.74) is 7.68. The lowest BCUT2D eigenvalue weighted by molar-refractivity contribution is 0.0698. The van der Waals surface area contributed by atoms with Crippen LogP contribution in [0.25, 0.3) is 33.1 Å². The minimum absolute atomic E-state index is 0.0610. The first-order valence-electron chi connectivity index (χ1n) is 7.36. The van der Waals surface area contributed by atoms with Gasteiger partial charge in [0.1, 0.15) is 16.8 Å². The first-order valence-corrected chi connectivity index (χ1v) is 8.24. The van der Waals surface area contributed by atoms with Crippen molar-refractivity contribution in [2.24, 2.45) is 0 Å². The highest BCUT2D eigenvalue weighted by Gasteiger charge is 2.25. The maximum atomic E-state index is 11.7. The number of carboxylic acid groups (broad SMARTS) is 1. The fourth-order valence-corrected chi connectivity index (χ4v) is 3.45. The second-order valence-electron chi connectivity index (χ2n) is 5.18. The predicted molar refractivity (Wildman–Crippen MR) is 91.2 cm³/mol. The van der Waals surface area contributed by atoms with Gasteiger partial charge in [-0.2, -0.15) is 0 Å². The molecule has 0 fully saturated rings. The van der Waals surface area contributed by atoms with Gasteiger partial charge in [0, 0.05) is 12.7 Å². The van der Waals surface area contributed by atoms with Crippen molar-refractivity contribution in [2.45, 2.75) is 13.5 Å². The molecule has 4 aromatic rings. The third kappa shape index (κ3) is 2.26. The number of carbonyl (C=O) groups is 1. The van der Waals surface area contributed by atoms with Crippen molar-refractivity contribution in [3.8, 4) is 22.1 Å². The summed E-state index contributed by atoms with van der Waals surface area (Å²) < 4.78 is 6.40. The van der Waals surface area contributed by atoms with Gasteiger partial charge < -0.3 is 15.4 Å². The van der Waals surface area contributed by atoms with Gasteiger partial charge >= 0.3 is 5.97 Å². The number of nitrogen functional groups attached to an aromatic ring is 1. The Hall–Kier alpha value is -3.27. The smallest absolute Gasteiger partial charge is 0.339 e. The summed E-state index contributed by atoms with van der Waals surface area (Å²) in [6.45, 7) is 2.34. The molecule has 4 heterocycles. The number of aryl methyl sites for hydroxylation is 1. The maximum absolute atomic E-state index is 11.7. The Morgan fingerprint density at radius 2 is 2.24 bits per heavy atom. The van der Waals surface area contributed by atoms with Gasteiger partial charge in [0.2, 0.25) is 0 Å². The van der Waals surface area contributed by atoms with Gasteiger partial charge in [0.05, 0.1) is 10.4 Å². The van der Waals surface area contributed by atoms with Gasteiger partial charge in [-0.05, 0) is 28.7 Å². The van der Waals surface area contributed by atoms with Gasteiger partial charge in [-0.3, -0.25) is 4.98 Å². The molecule has 0 aromatic carbocycles. The maximum Gasteiger partial charge on any atom is 0.339 e. The van der Waals surface area contributed by atoms with Crippen molar-refractivity contribution in [3.05, 3.63) is 29.3 Å². The van der Waals surface area contributed by atoms with Crippen LogP contribution < -0.4 is 5.73 Å². The second kappa shape index (κ2) is 5.67. The van der Waals surface area contributed by atoms with Crippen molar-refractivity contribution >= 4 is 34.2 Å². The normalized spacial score (nSPS) is 11.2. The molecule has 126 valence electrons. The number of hydrogen-bond acceptors (Lipinski definition) is 8. The van der Waals surface area contributed by atoms with Crippen LogP contribution in [-0.4, -0.2) is 35.9 Å². The molecule has 4 rings (SSSR count). The number of pyridine rings is 1. The van der Waals surface area contributed by atoms with Crippen LogP contribution in [0.3, 0.4) is 0 Å². The third-order valence-corrected chi connectivity index (χ3v) is 4.67. The van der Waals surface area contributed by atoms with E-state index in [1.807, 2.05) is 24.4 Å². The molecule has 10 heteroatoms. The monoisotopic (exact) mass is 356 g/mol. The zero-order chi connectivity index (χ0) is 17.6. The van der Waals surface area contributed by atoms with Gasteiger partial charge in [-0.1, -0.05) is 6.07 Å². The van der Waals surface area contributed by atoms with Crippen LogP contribution in [0.5, 0.6) is 0 Å². The number of aromatic carboxylic acids is 1. The lowest BCUT2D eigenvalue weighted by atomic mass is 10.2. The van der Waals surface area contributed by atoms with Crippen LogP contribution in [0.2, 0.25) is 0 Å². The van der Waals surface area contributed by atoms with Crippen LogP contribution in [0.15, 0.2) is 28.3 Å². The molecule has 3 N–H and O–H groups in total. The van der Waals surface area contributed by atoms with Gasteiger partial charge in [-0.15, -0.1) is 11.3 Å². The number of nitrogens with two attached hydrogens (primary N) is 1. The van der Waals surface area contributed by atoms with E-state index in [4.69, 9.17) is 5.73 Å². The van der Waals surface area contributed by atoms with E-state index in [2.05, 4.69) is 24.9 Å². The fraction of sp³-hybridized carbons (Fsp3) is 0.133. The van der Waals surface area contributed by atoms with Crippen molar-refractivity contribution in [3.63, 3.8) is 0 Å². The summed E-state index contributed by atoms with van der Waals surface area (Å²) in [5.74, 6) is -0.598. The molecule has 0 radical (unpaired) electrons. The first-order chi connectivity index (χ1) is 12.1. The molecule has 0 bridgehead atoms. The molecule has 0 aliphatic carbocycles. The quantitative estimate of drug-likeness (QED) is 0.570. The van der Waals surface area contributed by atoms with Crippen molar-refractivity contribution < 1.29 is 14.5 Å². The molecule has 0 saturated heterocycles. The van der Waals surface area contributed by atoms with Gasteiger partial charge in [0.25, 0.3) is 0 Å². The topological polar surface area (TPSA) is 133 Å². The lowest BCUT2D eigenvalue weighted by Gasteiger charge is -2.07. The highest BCUT2D eigenvalue weighted by atomic mass is 32.1. The summed E-state index contributed by atoms with van der Waals surface area (Å²) in [7, 11) is 0. The number of rotatable bonds is 4. The van der Waals surface area contributed by atoms with E-state index in [-0.39, 0.29) is 17.1 Å². The highest BCUT2D eigenvalue weighted by molar-refractivity contribution is 7.13. The van der Waals surface area contributed by atoms with Crippen molar-refractivity contribution in [1.29, 1.82) is 0 Å². The Morgan fingerprint density at radius 1 is 1.40 bits per heavy atom. The molecular weight excluding hydrogens is 344 g/mol. The van der Waals surface area contributed by atoms with E-state index in [9.17, 15) is 9.90 Å². The molecule has 0 unspecified atom stereocenters. The van der Waals surface area contributed by atoms with Crippen molar-refractivity contribution in [1.82, 2.24) is 24.8 Å². The van der Waals surface area contributed by atoms with E-state index in [0.29, 0.717) is 29.1 Å². The Balaban J connectivity index is 2.13. The van der Waals surface area contributed by atoms with Gasteiger partial charge in [-0.25, -0.2) is 14.4 Å². The van der Waals surface area contributed by atoms with Crippen LogP contribution >= 0.6 is 11.3 Å². The van der Waals surface area contributed by atoms with E-state index in [0.717, 1.165) is 4.88 Å². The summed E-state index contributed by atoms with van der Waals surface area (Å²) in [6.07, 6.45) is 1.35. The fourth-order valence-electron chi connectivity index (χ4n) is 2.73. The van der Waals surface area contributed by atoms with Crippen LogP contribution in [0, 0.1) is 0 Å². The third-order valence-electron chi connectivity index (χ3n) is 3.80. The average Bonchev–Trinajstić information content (AvgIpc) is 3.32. The molecule has 0 saturated carbocycles. The Morgan fingerprint density at radius 3 is 2.84 bits per heavy atom. The zero-order valence-corrected chi connectivity index (χ0v) is 13.8. The zero-order valence-electron chi connectivity index (χ0n) is 13.0. The molecular formula is C15H12N6O3S. The van der Waals surface area contributed by atoms with E-state index >= 15 is 0 Å². The van der Waals surface area contributed by atoms with E-state index < -0.39 is 5.97 Å². The largest absolute Gasteiger partial charge is 0.478 e. The standard InChI is InChI=1S/C15H12N6O3S/c1-2-21-12-7(15(22)23)6-17-9(8-4-3-5-25-8)10(12)18-14(21)11-13(16)20-24-19-11/h3-6H,2H2,1H3,(H2,16,20)(H,22,23). The molecule has 0 aliphatic rings. The summed E-state index contributed by atoms with van der Waals surface area (Å²) >= 11 is 1.50. The van der Waals surface area contributed by atoms with Crippen LogP contribution in [0.1, 0.15) is 17.3 Å². The number of hydrogen-bond donors (Lipinski definition) is 2. The second-order valence-corrected chi connectivity index (χ2v) is 6.13. The Labute approximate surface area is 144 Å². The number of anilines is 1. The summed E-state index contributed by atoms with van der Waals surface area (Å²) in [5, 5.41) is 18.9. The average molecular weight is 356 g/mol. The van der Waals surface area contributed by atoms with E-state index in [1.165, 1.54) is 17.5 Å². The van der Waals surface area contributed by atoms with Gasteiger partial charge in [0.15, 0.2) is 17.3 Å². The minimum atomic E-state index is -1.08.